The fourth-order valence-corrected chi connectivity index (χ4v) is 3.91. The average Bonchev–Trinajstić information content (AvgIpc) is 2.62. The van der Waals surface area contributed by atoms with Crippen LogP contribution in [0.2, 0.25) is 0 Å². The van der Waals surface area contributed by atoms with E-state index >= 15 is 0 Å². The maximum absolute atomic E-state index is 13.1. The van der Waals surface area contributed by atoms with E-state index in [0.29, 0.717) is 5.56 Å². The van der Waals surface area contributed by atoms with Crippen LogP contribution in [0.1, 0.15) is 52.5 Å². The van der Waals surface area contributed by atoms with Gasteiger partial charge in [0.15, 0.2) is 5.78 Å². The Morgan fingerprint density at radius 3 is 2.00 bits per heavy atom. The highest BCUT2D eigenvalue weighted by Crippen LogP contribution is 2.45. The molecule has 1 fully saturated rings. The summed E-state index contributed by atoms with van der Waals surface area (Å²) in [5.41, 5.74) is -0.238. The van der Waals surface area contributed by atoms with Crippen molar-refractivity contribution >= 4 is 23.4 Å². The number of ether oxygens (including phenoxy) is 2. The summed E-state index contributed by atoms with van der Waals surface area (Å²) in [5, 5.41) is 10.8. The van der Waals surface area contributed by atoms with Gasteiger partial charge in [0.2, 0.25) is 0 Å². The van der Waals surface area contributed by atoms with Gasteiger partial charge in [-0.05, 0) is 58.7 Å². The van der Waals surface area contributed by atoms with Gasteiger partial charge in [0.25, 0.3) is 0 Å². The molecule has 7 heteroatoms. The van der Waals surface area contributed by atoms with Crippen LogP contribution >= 0.6 is 0 Å². The van der Waals surface area contributed by atoms with Crippen LogP contribution in [0.4, 0.5) is 5.69 Å². The highest BCUT2D eigenvalue weighted by molar-refractivity contribution is 6.06. The van der Waals surface area contributed by atoms with E-state index in [9.17, 15) is 19.5 Å². The zero-order chi connectivity index (χ0) is 22.8. The molecule has 2 rings (SSSR count). The van der Waals surface area contributed by atoms with E-state index in [1.165, 1.54) is 6.92 Å². The van der Waals surface area contributed by atoms with Crippen LogP contribution in [0, 0.1) is 11.8 Å². The number of carbonyl (C=O) groups excluding carboxylic acids is 3. The predicted molar refractivity (Wildman–Crippen MR) is 113 cm³/mol. The highest BCUT2D eigenvalue weighted by atomic mass is 16.5. The van der Waals surface area contributed by atoms with Crippen LogP contribution in [0.5, 0.6) is 0 Å². The Hall–Kier alpha value is -2.41. The molecule has 4 atom stereocenters. The largest absolute Gasteiger partial charge is 0.463 e. The molecule has 0 saturated heterocycles. The summed E-state index contributed by atoms with van der Waals surface area (Å²) >= 11 is 0. The van der Waals surface area contributed by atoms with Crippen LogP contribution in [0.3, 0.4) is 0 Å². The van der Waals surface area contributed by atoms with E-state index in [1.54, 1.807) is 39.8 Å². The second-order valence-electron chi connectivity index (χ2n) is 8.91. The first kappa shape index (κ1) is 23.9. The normalized spacial score (nSPS) is 26.6. The van der Waals surface area contributed by atoms with Crippen molar-refractivity contribution in [3.05, 3.63) is 29.8 Å². The monoisotopic (exact) mass is 419 g/mol. The van der Waals surface area contributed by atoms with Crippen molar-refractivity contribution in [2.45, 2.75) is 64.8 Å². The quantitative estimate of drug-likeness (QED) is 0.560. The summed E-state index contributed by atoms with van der Waals surface area (Å²) in [4.78, 5) is 40.9. The average molecular weight is 420 g/mol. The third-order valence-corrected chi connectivity index (χ3v) is 5.28. The zero-order valence-electron chi connectivity index (χ0n) is 18.8. The molecule has 166 valence electrons. The smallest absolute Gasteiger partial charge is 0.317 e. The molecule has 0 bridgehead atoms. The molecule has 30 heavy (non-hydrogen) atoms. The zero-order valence-corrected chi connectivity index (χ0v) is 18.8. The van der Waals surface area contributed by atoms with Crippen LogP contribution < -0.4 is 4.90 Å². The van der Waals surface area contributed by atoms with Crippen molar-refractivity contribution in [1.29, 1.82) is 0 Å². The standard InChI is InChI=1S/C23H33NO6/c1-13(2)29-21(26)17-12-23(5,28)20(25)19(22(27)30-14(3)4)18(17)15-8-10-16(11-9-15)24(6)7/h8-11,13-14,17-19,28H,12H2,1-7H3/t17-,18-,19-,23-/m1/s1. The summed E-state index contributed by atoms with van der Waals surface area (Å²) in [6.45, 7) is 8.18. The van der Waals surface area contributed by atoms with Gasteiger partial charge in [-0.15, -0.1) is 0 Å². The van der Waals surface area contributed by atoms with Crippen LogP contribution in [-0.4, -0.2) is 54.7 Å². The predicted octanol–water partition coefficient (Wildman–Crippen LogP) is 2.70. The molecule has 0 unspecified atom stereocenters. The number of esters is 2. The maximum Gasteiger partial charge on any atom is 0.317 e. The van der Waals surface area contributed by atoms with Crippen molar-refractivity contribution in [3.8, 4) is 0 Å². The molecule has 1 aliphatic rings. The van der Waals surface area contributed by atoms with Crippen molar-refractivity contribution < 1.29 is 29.0 Å². The van der Waals surface area contributed by atoms with Gasteiger partial charge in [-0.3, -0.25) is 14.4 Å². The lowest BCUT2D eigenvalue weighted by Crippen LogP contribution is -2.55. The Labute approximate surface area is 178 Å². The Morgan fingerprint density at radius 1 is 1.03 bits per heavy atom. The van der Waals surface area contributed by atoms with Gasteiger partial charge in [0, 0.05) is 25.7 Å². The van der Waals surface area contributed by atoms with Crippen LogP contribution in [0.15, 0.2) is 24.3 Å². The number of rotatable bonds is 6. The number of ketones is 1. The molecule has 1 saturated carbocycles. The van der Waals surface area contributed by atoms with Crippen LogP contribution in [-0.2, 0) is 23.9 Å². The molecule has 1 aromatic rings. The second kappa shape index (κ2) is 9.16. The Kier molecular flexibility index (Phi) is 7.29. The minimum Gasteiger partial charge on any atom is -0.463 e. The number of Topliss-reactive ketones (excluding diaryl/α,β-unsaturated/α-hetero) is 1. The number of carbonyl (C=O) groups is 3. The molecule has 0 amide bonds. The van der Waals surface area contributed by atoms with E-state index < -0.39 is 47.2 Å². The van der Waals surface area contributed by atoms with Gasteiger partial charge in [0.05, 0.1) is 18.1 Å². The third kappa shape index (κ3) is 5.19. The highest BCUT2D eigenvalue weighted by Gasteiger charge is 2.56. The van der Waals surface area contributed by atoms with E-state index in [0.717, 1.165) is 5.69 Å². The topological polar surface area (TPSA) is 93.1 Å². The molecule has 0 aromatic heterocycles. The number of hydrogen-bond donors (Lipinski definition) is 1. The molecule has 1 N–H and O–H groups in total. The molecule has 1 aliphatic carbocycles. The van der Waals surface area contributed by atoms with Crippen molar-refractivity contribution in [1.82, 2.24) is 0 Å². The lowest BCUT2D eigenvalue weighted by molar-refractivity contribution is -0.173. The summed E-state index contributed by atoms with van der Waals surface area (Å²) in [6, 6.07) is 7.34. The van der Waals surface area contributed by atoms with Crippen molar-refractivity contribution in [2.75, 3.05) is 19.0 Å². The van der Waals surface area contributed by atoms with E-state index in [1.807, 2.05) is 31.1 Å². The summed E-state index contributed by atoms with van der Waals surface area (Å²) in [6.07, 6.45) is -0.920. The first-order valence-corrected chi connectivity index (χ1v) is 10.3. The number of benzene rings is 1. The first-order chi connectivity index (χ1) is 13.8. The van der Waals surface area contributed by atoms with Crippen molar-refractivity contribution in [2.24, 2.45) is 11.8 Å². The first-order valence-electron chi connectivity index (χ1n) is 10.3. The van der Waals surface area contributed by atoms with E-state index in [4.69, 9.17) is 9.47 Å². The van der Waals surface area contributed by atoms with Gasteiger partial charge in [-0.2, -0.15) is 0 Å². The Balaban J connectivity index is 2.58. The van der Waals surface area contributed by atoms with Crippen LogP contribution in [0.25, 0.3) is 0 Å². The molecule has 1 aromatic carbocycles. The van der Waals surface area contributed by atoms with E-state index in [-0.39, 0.29) is 12.5 Å². The minimum absolute atomic E-state index is 0.122. The van der Waals surface area contributed by atoms with Gasteiger partial charge in [0.1, 0.15) is 11.5 Å². The number of hydrogen-bond acceptors (Lipinski definition) is 7. The molecule has 0 spiro atoms. The number of aliphatic hydroxyl groups is 1. The molecular formula is C23H33NO6. The molecular weight excluding hydrogens is 386 g/mol. The molecule has 7 nitrogen and oxygen atoms in total. The summed E-state index contributed by atoms with van der Waals surface area (Å²) in [7, 11) is 3.81. The van der Waals surface area contributed by atoms with Gasteiger partial charge < -0.3 is 19.5 Å². The number of nitrogens with zero attached hydrogens (tertiary/aromatic N) is 1. The SMILES string of the molecule is CC(C)OC(=O)[C@H]1C(=O)[C@](C)(O)C[C@@H](C(=O)OC(C)C)[C@H]1c1ccc(N(C)C)cc1. The van der Waals surface area contributed by atoms with Gasteiger partial charge in [-0.25, -0.2) is 0 Å². The fourth-order valence-electron chi connectivity index (χ4n) is 3.91. The lowest BCUT2D eigenvalue weighted by atomic mass is 9.63. The number of anilines is 1. The molecule has 0 heterocycles. The Bertz CT molecular complexity index is 781. The fraction of sp³-hybridized carbons (Fsp3) is 0.609. The second-order valence-corrected chi connectivity index (χ2v) is 8.91. The molecule has 0 aliphatic heterocycles. The summed E-state index contributed by atoms with van der Waals surface area (Å²) < 4.78 is 10.8. The van der Waals surface area contributed by atoms with Gasteiger partial charge in [-0.1, -0.05) is 12.1 Å². The maximum atomic E-state index is 13.1. The minimum atomic E-state index is -1.83. The van der Waals surface area contributed by atoms with Gasteiger partial charge >= 0.3 is 11.9 Å². The third-order valence-electron chi connectivity index (χ3n) is 5.28. The molecule has 0 radical (unpaired) electrons. The van der Waals surface area contributed by atoms with Crippen molar-refractivity contribution in [3.63, 3.8) is 0 Å². The van der Waals surface area contributed by atoms with E-state index in [2.05, 4.69) is 0 Å². The summed E-state index contributed by atoms with van der Waals surface area (Å²) in [5.74, 6) is -4.86. The lowest BCUT2D eigenvalue weighted by Gasteiger charge is -2.42. The Morgan fingerprint density at radius 2 is 1.53 bits per heavy atom.